The highest BCUT2D eigenvalue weighted by Crippen LogP contribution is 2.26. The van der Waals surface area contributed by atoms with E-state index in [4.69, 9.17) is 9.47 Å². The summed E-state index contributed by atoms with van der Waals surface area (Å²) < 4.78 is 13.0. The zero-order valence-electron chi connectivity index (χ0n) is 16.6. The Morgan fingerprint density at radius 1 is 1.21 bits per heavy atom. The molecule has 0 amide bonds. The van der Waals surface area contributed by atoms with Gasteiger partial charge in [-0.15, -0.1) is 0 Å². The summed E-state index contributed by atoms with van der Waals surface area (Å²) in [4.78, 5) is 9.23. The van der Waals surface area contributed by atoms with Crippen molar-refractivity contribution >= 4 is 11.6 Å². The van der Waals surface area contributed by atoms with E-state index < -0.39 is 0 Å². The molecule has 0 radical (unpaired) electrons. The molecule has 28 heavy (non-hydrogen) atoms. The van der Waals surface area contributed by atoms with Gasteiger partial charge in [-0.25, -0.2) is 0 Å². The molecule has 148 valence electrons. The summed E-state index contributed by atoms with van der Waals surface area (Å²) >= 11 is 0. The van der Waals surface area contributed by atoms with Crippen molar-refractivity contribution in [3.05, 3.63) is 41.6 Å². The Labute approximate surface area is 164 Å². The molecule has 1 fully saturated rings. The van der Waals surface area contributed by atoms with E-state index in [9.17, 15) is 0 Å². The van der Waals surface area contributed by atoms with Gasteiger partial charge in [0.2, 0.25) is 5.95 Å². The lowest BCUT2D eigenvalue weighted by Crippen LogP contribution is -2.50. The lowest BCUT2D eigenvalue weighted by molar-refractivity contribution is 0.130. The van der Waals surface area contributed by atoms with Crippen LogP contribution in [0.3, 0.4) is 0 Å². The first-order chi connectivity index (χ1) is 13.5. The van der Waals surface area contributed by atoms with Gasteiger partial charge in [-0.3, -0.25) is 0 Å². The second-order valence-electron chi connectivity index (χ2n) is 7.36. The van der Waals surface area contributed by atoms with Crippen molar-refractivity contribution in [2.45, 2.75) is 38.8 Å². The third kappa shape index (κ3) is 3.60. The molecule has 1 unspecified atom stereocenters. The Morgan fingerprint density at radius 3 is 2.71 bits per heavy atom. The molecule has 8 heteroatoms. The molecular weight excluding hydrogens is 356 g/mol. The Hall–Kier alpha value is -2.87. The van der Waals surface area contributed by atoms with Crippen LogP contribution < -0.4 is 20.1 Å². The van der Waals surface area contributed by atoms with Crippen LogP contribution in [0.2, 0.25) is 0 Å². The average Bonchev–Trinajstić information content (AvgIpc) is 3.09. The van der Waals surface area contributed by atoms with Gasteiger partial charge in [-0.2, -0.15) is 19.6 Å². The monoisotopic (exact) mass is 382 g/mol. The highest BCUT2D eigenvalue weighted by atomic mass is 16.5. The largest absolute Gasteiger partial charge is 0.497 e. The number of nitrogens with one attached hydrogen (secondary N) is 2. The van der Waals surface area contributed by atoms with E-state index in [-0.39, 0.29) is 12.1 Å². The number of anilines is 1. The molecule has 4 rings (SSSR count). The highest BCUT2D eigenvalue weighted by molar-refractivity contribution is 5.53. The Kier molecular flexibility index (Phi) is 5.04. The van der Waals surface area contributed by atoms with Gasteiger partial charge in [-0.05, 0) is 30.5 Å². The first kappa shape index (κ1) is 18.5. The second kappa shape index (κ2) is 7.63. The van der Waals surface area contributed by atoms with Crippen LogP contribution in [0, 0.1) is 0 Å². The summed E-state index contributed by atoms with van der Waals surface area (Å²) in [6.07, 6.45) is 1.96. The zero-order chi connectivity index (χ0) is 19.7. The first-order valence-electron chi connectivity index (χ1n) is 9.58. The van der Waals surface area contributed by atoms with Crippen LogP contribution >= 0.6 is 0 Å². The van der Waals surface area contributed by atoms with Crippen LogP contribution in [0.4, 0.5) is 5.95 Å². The van der Waals surface area contributed by atoms with Crippen molar-refractivity contribution in [2.75, 3.05) is 25.5 Å². The predicted molar refractivity (Wildman–Crippen MR) is 107 cm³/mol. The number of methoxy groups -OCH3 is 1. The van der Waals surface area contributed by atoms with E-state index in [0.717, 1.165) is 35.6 Å². The summed E-state index contributed by atoms with van der Waals surface area (Å²) in [6, 6.07) is 8.35. The molecule has 3 aromatic rings. The third-order valence-electron chi connectivity index (χ3n) is 4.95. The molecule has 0 bridgehead atoms. The molecule has 1 saturated heterocycles. The molecular formula is C20H26N6O2. The summed E-state index contributed by atoms with van der Waals surface area (Å²) in [5, 5.41) is 11.2. The standard InChI is InChI=1S/C20H26N6O2/c1-12(2)17-11-22-26-18(17)24-20(28-16-9-21-10-16)25-19(26)23-13(3)14-6-5-7-15(8-14)27-4/h5-8,11-13,16,21H,9-10H2,1-4H3,(H,23,24,25). The Balaban J connectivity index is 1.69. The van der Waals surface area contributed by atoms with Gasteiger partial charge in [0.25, 0.3) is 0 Å². The fraction of sp³-hybridized carbons (Fsp3) is 0.450. The highest BCUT2D eigenvalue weighted by Gasteiger charge is 2.22. The summed E-state index contributed by atoms with van der Waals surface area (Å²) in [7, 11) is 1.67. The maximum absolute atomic E-state index is 5.94. The normalized spacial score (nSPS) is 15.5. The van der Waals surface area contributed by atoms with E-state index in [1.807, 2.05) is 24.4 Å². The first-order valence-corrected chi connectivity index (χ1v) is 9.58. The molecule has 2 aromatic heterocycles. The number of hydrogen-bond donors (Lipinski definition) is 2. The minimum atomic E-state index is -0.00174. The van der Waals surface area contributed by atoms with Crippen molar-refractivity contribution in [2.24, 2.45) is 0 Å². The van der Waals surface area contributed by atoms with Crippen LogP contribution in [0.25, 0.3) is 5.65 Å². The van der Waals surface area contributed by atoms with Crippen LogP contribution in [0.15, 0.2) is 30.5 Å². The van der Waals surface area contributed by atoms with Crippen LogP contribution in [0.1, 0.15) is 43.9 Å². The topological polar surface area (TPSA) is 85.6 Å². The van der Waals surface area contributed by atoms with E-state index in [2.05, 4.69) is 52.5 Å². The van der Waals surface area contributed by atoms with Gasteiger partial charge in [0.1, 0.15) is 11.9 Å². The number of aromatic nitrogens is 4. The molecule has 8 nitrogen and oxygen atoms in total. The molecule has 1 aliphatic rings. The van der Waals surface area contributed by atoms with Gasteiger partial charge < -0.3 is 20.1 Å². The SMILES string of the molecule is COc1cccc(C(C)Nc2nc(OC3CNC3)nc3c(C(C)C)cnn23)c1. The van der Waals surface area contributed by atoms with Crippen LogP contribution in [-0.2, 0) is 0 Å². The molecule has 2 N–H and O–H groups in total. The number of benzene rings is 1. The van der Waals surface area contributed by atoms with Crippen molar-refractivity contribution in [3.8, 4) is 11.8 Å². The van der Waals surface area contributed by atoms with Gasteiger partial charge in [0.05, 0.1) is 19.3 Å². The van der Waals surface area contributed by atoms with Crippen molar-refractivity contribution in [1.82, 2.24) is 24.9 Å². The molecule has 0 saturated carbocycles. The number of ether oxygens (including phenoxy) is 2. The number of nitrogens with zero attached hydrogens (tertiary/aromatic N) is 4. The van der Waals surface area contributed by atoms with Gasteiger partial charge in [0.15, 0.2) is 5.65 Å². The average molecular weight is 382 g/mol. The third-order valence-corrected chi connectivity index (χ3v) is 4.95. The summed E-state index contributed by atoms with van der Waals surface area (Å²) in [6.45, 7) is 7.95. The fourth-order valence-corrected chi connectivity index (χ4v) is 3.11. The summed E-state index contributed by atoms with van der Waals surface area (Å²) in [5.74, 6) is 1.73. The lowest BCUT2D eigenvalue weighted by atomic mass is 10.1. The molecule has 1 atom stereocenters. The van der Waals surface area contributed by atoms with Crippen molar-refractivity contribution in [1.29, 1.82) is 0 Å². The van der Waals surface area contributed by atoms with Gasteiger partial charge in [0, 0.05) is 18.7 Å². The number of hydrogen-bond acceptors (Lipinski definition) is 7. The molecule has 1 aromatic carbocycles. The van der Waals surface area contributed by atoms with E-state index >= 15 is 0 Å². The summed E-state index contributed by atoms with van der Waals surface area (Å²) in [5.41, 5.74) is 2.93. The van der Waals surface area contributed by atoms with Gasteiger partial charge in [-0.1, -0.05) is 26.0 Å². The van der Waals surface area contributed by atoms with Gasteiger partial charge >= 0.3 is 6.01 Å². The molecule has 0 spiro atoms. The fourth-order valence-electron chi connectivity index (χ4n) is 3.11. The van der Waals surface area contributed by atoms with Crippen molar-refractivity contribution in [3.63, 3.8) is 0 Å². The quantitative estimate of drug-likeness (QED) is 0.650. The van der Waals surface area contributed by atoms with Crippen molar-refractivity contribution < 1.29 is 9.47 Å². The number of fused-ring (bicyclic) bond motifs is 1. The molecule has 1 aliphatic heterocycles. The predicted octanol–water partition coefficient (Wildman–Crippen LogP) is 2.78. The zero-order valence-corrected chi connectivity index (χ0v) is 16.6. The molecule has 3 heterocycles. The van der Waals surface area contributed by atoms with E-state index in [0.29, 0.717) is 17.9 Å². The Bertz CT molecular complexity index is 966. The minimum absolute atomic E-state index is 0.00174. The van der Waals surface area contributed by atoms with E-state index in [1.165, 1.54) is 0 Å². The lowest BCUT2D eigenvalue weighted by Gasteiger charge is -2.27. The molecule has 0 aliphatic carbocycles. The van der Waals surface area contributed by atoms with E-state index in [1.54, 1.807) is 11.6 Å². The minimum Gasteiger partial charge on any atom is -0.497 e. The Morgan fingerprint density at radius 2 is 2.04 bits per heavy atom. The van der Waals surface area contributed by atoms with Crippen LogP contribution in [-0.4, -0.2) is 45.9 Å². The smallest absolute Gasteiger partial charge is 0.322 e. The number of rotatable bonds is 7. The van der Waals surface area contributed by atoms with Crippen LogP contribution in [0.5, 0.6) is 11.8 Å². The maximum Gasteiger partial charge on any atom is 0.322 e. The second-order valence-corrected chi connectivity index (χ2v) is 7.36. The maximum atomic E-state index is 5.94.